The van der Waals surface area contributed by atoms with Gasteiger partial charge in [0.05, 0.1) is 12.3 Å². The molecule has 0 spiro atoms. The number of ether oxygens (including phenoxy) is 3. The van der Waals surface area contributed by atoms with Crippen LogP contribution in [0.5, 0.6) is 11.5 Å². The Kier molecular flexibility index (Phi) is 3.82. The monoisotopic (exact) mass is 345 g/mol. The van der Waals surface area contributed by atoms with Crippen molar-refractivity contribution in [2.75, 3.05) is 6.79 Å². The molecule has 1 N–H and O–H groups in total. The van der Waals surface area contributed by atoms with Gasteiger partial charge < -0.3 is 19.4 Å². The summed E-state index contributed by atoms with van der Waals surface area (Å²) in [6, 6.07) is 9.49. The number of hydrogen-bond acceptors (Lipinski definition) is 5. The minimum atomic E-state index is -0.337. The molecule has 0 radical (unpaired) electrons. The van der Waals surface area contributed by atoms with Gasteiger partial charge in [0.1, 0.15) is 17.6 Å². The molecular formula is C18H16ClNO4. The van der Waals surface area contributed by atoms with Crippen molar-refractivity contribution < 1.29 is 19.4 Å². The average Bonchev–Trinajstić information content (AvgIpc) is 2.59. The molecular weight excluding hydrogens is 330 g/mol. The van der Waals surface area contributed by atoms with Crippen LogP contribution in [0.1, 0.15) is 34.8 Å². The fourth-order valence-electron chi connectivity index (χ4n) is 3.16. The first kappa shape index (κ1) is 15.3. The van der Waals surface area contributed by atoms with E-state index in [9.17, 15) is 5.21 Å². The summed E-state index contributed by atoms with van der Waals surface area (Å²) < 4.78 is 17.2. The van der Waals surface area contributed by atoms with E-state index in [1.807, 2.05) is 37.3 Å². The lowest BCUT2D eigenvalue weighted by molar-refractivity contribution is -0.0182. The first-order chi connectivity index (χ1) is 11.7. The fraction of sp³-hybridized carbons (Fsp3) is 0.278. The second-order valence-corrected chi connectivity index (χ2v) is 6.39. The molecule has 0 saturated heterocycles. The zero-order valence-electron chi connectivity index (χ0n) is 13.1. The highest BCUT2D eigenvalue weighted by molar-refractivity contribution is 6.30. The maximum absolute atomic E-state index is 9.42. The van der Waals surface area contributed by atoms with Gasteiger partial charge in [-0.1, -0.05) is 22.8 Å². The summed E-state index contributed by atoms with van der Waals surface area (Å²) in [5.74, 6) is 1.43. The molecule has 2 aliphatic heterocycles. The van der Waals surface area contributed by atoms with Gasteiger partial charge in [-0.3, -0.25) is 0 Å². The Morgan fingerprint density at radius 2 is 2.12 bits per heavy atom. The molecule has 0 saturated carbocycles. The van der Waals surface area contributed by atoms with Crippen LogP contribution in [0.4, 0.5) is 0 Å². The zero-order chi connectivity index (χ0) is 16.7. The normalized spacial score (nSPS) is 20.8. The molecule has 0 amide bonds. The molecule has 2 aromatic carbocycles. The van der Waals surface area contributed by atoms with E-state index in [1.54, 1.807) is 0 Å². The van der Waals surface area contributed by atoms with Crippen molar-refractivity contribution in [1.29, 1.82) is 0 Å². The molecule has 0 aromatic heterocycles. The highest BCUT2D eigenvalue weighted by Crippen LogP contribution is 2.42. The quantitative estimate of drug-likeness (QED) is 0.621. The summed E-state index contributed by atoms with van der Waals surface area (Å²) in [5.41, 5.74) is 4.20. The Hall–Kier alpha value is -2.24. The highest BCUT2D eigenvalue weighted by atomic mass is 35.5. The number of aryl methyl sites for hydroxylation is 1. The molecule has 2 heterocycles. The Morgan fingerprint density at radius 1 is 1.25 bits per heavy atom. The molecule has 0 unspecified atom stereocenters. The SMILES string of the molecule is Cc1ccc2c(c1)O[C@@H](c1cc(Cl)cc3c1OCOC3)C/C2=N/O. The largest absolute Gasteiger partial charge is 0.484 e. The average molecular weight is 346 g/mol. The predicted molar refractivity (Wildman–Crippen MR) is 89.2 cm³/mol. The van der Waals surface area contributed by atoms with Crippen LogP contribution in [0, 0.1) is 6.92 Å². The first-order valence-corrected chi connectivity index (χ1v) is 8.05. The number of benzene rings is 2. The minimum Gasteiger partial charge on any atom is -0.484 e. The van der Waals surface area contributed by atoms with Gasteiger partial charge >= 0.3 is 0 Å². The molecule has 0 bridgehead atoms. The van der Waals surface area contributed by atoms with Gasteiger partial charge in [0.25, 0.3) is 0 Å². The number of hydrogen-bond donors (Lipinski definition) is 1. The summed E-state index contributed by atoms with van der Waals surface area (Å²) in [6.07, 6.45) is 0.0968. The fourth-order valence-corrected chi connectivity index (χ4v) is 3.41. The summed E-state index contributed by atoms with van der Waals surface area (Å²) in [4.78, 5) is 0. The van der Waals surface area contributed by atoms with Crippen LogP contribution < -0.4 is 9.47 Å². The zero-order valence-corrected chi connectivity index (χ0v) is 13.8. The van der Waals surface area contributed by atoms with E-state index in [4.69, 9.17) is 25.8 Å². The van der Waals surface area contributed by atoms with E-state index in [0.717, 1.165) is 28.0 Å². The Balaban J connectivity index is 1.80. The number of oxime groups is 1. The van der Waals surface area contributed by atoms with Crippen molar-refractivity contribution in [3.05, 3.63) is 57.6 Å². The van der Waals surface area contributed by atoms with Crippen molar-refractivity contribution in [2.24, 2.45) is 5.16 Å². The Bertz CT molecular complexity index is 834. The van der Waals surface area contributed by atoms with Gasteiger partial charge in [-0.15, -0.1) is 0 Å². The van der Waals surface area contributed by atoms with Crippen LogP contribution in [-0.2, 0) is 11.3 Å². The van der Waals surface area contributed by atoms with Gasteiger partial charge in [-0.25, -0.2) is 0 Å². The third-order valence-electron chi connectivity index (χ3n) is 4.27. The third kappa shape index (κ3) is 2.60. The maximum Gasteiger partial charge on any atom is 0.189 e. The van der Waals surface area contributed by atoms with Gasteiger partial charge in [0, 0.05) is 28.1 Å². The minimum absolute atomic E-state index is 0.199. The van der Waals surface area contributed by atoms with E-state index >= 15 is 0 Å². The van der Waals surface area contributed by atoms with Crippen LogP contribution >= 0.6 is 11.6 Å². The topological polar surface area (TPSA) is 60.3 Å². The van der Waals surface area contributed by atoms with Crippen molar-refractivity contribution >= 4 is 17.3 Å². The molecule has 4 rings (SSSR count). The smallest absolute Gasteiger partial charge is 0.189 e. The molecule has 6 heteroatoms. The number of rotatable bonds is 1. The van der Waals surface area contributed by atoms with Gasteiger partial charge in [-0.2, -0.15) is 0 Å². The molecule has 0 aliphatic carbocycles. The number of halogens is 1. The second-order valence-electron chi connectivity index (χ2n) is 5.95. The Labute approximate surface area is 144 Å². The van der Waals surface area contributed by atoms with Crippen molar-refractivity contribution in [3.8, 4) is 11.5 Å². The molecule has 124 valence electrons. The lowest BCUT2D eigenvalue weighted by Gasteiger charge is -2.30. The standard InChI is InChI=1S/C18H16ClNO4/c1-10-2-3-13-15(20-21)7-17(24-16(13)4-10)14-6-12(19)5-11-8-22-9-23-18(11)14/h2-6,17,21H,7-9H2,1H3/b20-15-/t17-/m1/s1. The van der Waals surface area contributed by atoms with Crippen molar-refractivity contribution in [3.63, 3.8) is 0 Å². The molecule has 0 fully saturated rings. The third-order valence-corrected chi connectivity index (χ3v) is 4.49. The molecule has 1 atom stereocenters. The molecule has 24 heavy (non-hydrogen) atoms. The second kappa shape index (κ2) is 6.00. The lowest BCUT2D eigenvalue weighted by Crippen LogP contribution is -2.23. The number of fused-ring (bicyclic) bond motifs is 2. The highest BCUT2D eigenvalue weighted by Gasteiger charge is 2.31. The van der Waals surface area contributed by atoms with Crippen molar-refractivity contribution in [2.45, 2.75) is 26.1 Å². The summed E-state index contributed by atoms with van der Waals surface area (Å²) >= 11 is 6.25. The molecule has 5 nitrogen and oxygen atoms in total. The maximum atomic E-state index is 9.42. The van der Waals surface area contributed by atoms with E-state index in [-0.39, 0.29) is 12.9 Å². The first-order valence-electron chi connectivity index (χ1n) is 7.67. The summed E-state index contributed by atoms with van der Waals surface area (Å²) in [5, 5.41) is 13.5. The van der Waals surface area contributed by atoms with Crippen molar-refractivity contribution in [1.82, 2.24) is 0 Å². The van der Waals surface area contributed by atoms with Crippen LogP contribution in [0.2, 0.25) is 5.02 Å². The predicted octanol–water partition coefficient (Wildman–Crippen LogP) is 4.22. The van der Waals surface area contributed by atoms with Gasteiger partial charge in [0.15, 0.2) is 6.79 Å². The van der Waals surface area contributed by atoms with Gasteiger partial charge in [-0.05, 0) is 36.8 Å². The molecule has 2 aromatic rings. The lowest BCUT2D eigenvalue weighted by atomic mass is 9.93. The van der Waals surface area contributed by atoms with Crippen LogP contribution in [0.25, 0.3) is 0 Å². The van der Waals surface area contributed by atoms with E-state index in [2.05, 4.69) is 5.16 Å². The number of nitrogens with zero attached hydrogens (tertiary/aromatic N) is 1. The van der Waals surface area contributed by atoms with E-state index in [1.165, 1.54) is 0 Å². The summed E-state index contributed by atoms with van der Waals surface area (Å²) in [6.45, 7) is 2.64. The van der Waals surface area contributed by atoms with E-state index in [0.29, 0.717) is 29.5 Å². The van der Waals surface area contributed by atoms with Gasteiger partial charge in [0.2, 0.25) is 0 Å². The van der Waals surface area contributed by atoms with Crippen LogP contribution in [0.3, 0.4) is 0 Å². The van der Waals surface area contributed by atoms with E-state index < -0.39 is 0 Å². The van der Waals surface area contributed by atoms with Crippen LogP contribution in [-0.4, -0.2) is 17.7 Å². The summed E-state index contributed by atoms with van der Waals surface area (Å²) in [7, 11) is 0. The van der Waals surface area contributed by atoms with Crippen LogP contribution in [0.15, 0.2) is 35.5 Å². The Morgan fingerprint density at radius 3 is 2.96 bits per heavy atom. The molecule has 2 aliphatic rings.